The molecule has 0 rings (SSSR count). The van der Waals surface area contributed by atoms with Crippen LogP contribution in [0.25, 0.3) is 0 Å². The molecule has 0 aliphatic carbocycles. The van der Waals surface area contributed by atoms with Gasteiger partial charge in [-0.15, -0.1) is 0 Å². The Morgan fingerprint density at radius 1 is 1.50 bits per heavy atom. The summed E-state index contributed by atoms with van der Waals surface area (Å²) in [4.78, 5) is 0. The first-order valence-corrected chi connectivity index (χ1v) is 2.66. The summed E-state index contributed by atoms with van der Waals surface area (Å²) < 4.78 is 23.0. The van der Waals surface area contributed by atoms with Crippen LogP contribution in [-0.4, -0.2) is 6.17 Å². The number of allylic oxidation sites excluding steroid dienone is 1. The summed E-state index contributed by atoms with van der Waals surface area (Å²) in [7, 11) is 0. The highest BCUT2D eigenvalue weighted by molar-refractivity contribution is 6.56. The summed E-state index contributed by atoms with van der Waals surface area (Å²) in [6.45, 7) is 1.01. The van der Waals surface area contributed by atoms with Gasteiger partial charge in [-0.1, -0.05) is 23.2 Å². The van der Waals surface area contributed by atoms with Gasteiger partial charge < -0.3 is 0 Å². The Kier molecular flexibility index (Phi) is 3.33. The number of alkyl halides is 1. The van der Waals surface area contributed by atoms with Gasteiger partial charge in [0.2, 0.25) is 0 Å². The van der Waals surface area contributed by atoms with Crippen molar-refractivity contribution < 1.29 is 8.78 Å². The van der Waals surface area contributed by atoms with E-state index in [9.17, 15) is 8.78 Å². The topological polar surface area (TPSA) is 0 Å². The summed E-state index contributed by atoms with van der Waals surface area (Å²) in [6, 6.07) is 0. The van der Waals surface area contributed by atoms with Gasteiger partial charge in [-0.05, 0) is 6.92 Å². The normalized spacial score (nSPS) is 13.1. The standard InChI is InChI=1S/C4H4Cl2F2/c1-2(7)3(8)4(5)6/h2H,1H3. The molecule has 0 bridgehead atoms. The maximum Gasteiger partial charge on any atom is 0.164 e. The number of hydrogen-bond donors (Lipinski definition) is 0. The lowest BCUT2D eigenvalue weighted by molar-refractivity contribution is 0.350. The van der Waals surface area contributed by atoms with E-state index in [4.69, 9.17) is 23.2 Å². The predicted octanol–water partition coefficient (Wildman–Crippen LogP) is 2.96. The molecule has 1 atom stereocenters. The molecule has 0 aromatic carbocycles. The molecule has 0 aromatic heterocycles. The molecule has 0 amide bonds. The molecule has 0 heterocycles. The zero-order chi connectivity index (χ0) is 6.73. The summed E-state index contributed by atoms with van der Waals surface area (Å²) in [5, 5.41) is 0. The quantitative estimate of drug-likeness (QED) is 0.554. The first kappa shape index (κ1) is 8.18. The third-order valence-electron chi connectivity index (χ3n) is 0.530. The fourth-order valence-electron chi connectivity index (χ4n) is 0.150. The van der Waals surface area contributed by atoms with Gasteiger partial charge in [0.05, 0.1) is 0 Å². The van der Waals surface area contributed by atoms with E-state index in [1.54, 1.807) is 0 Å². The predicted molar refractivity (Wildman–Crippen MR) is 30.4 cm³/mol. The van der Waals surface area contributed by atoms with Crippen molar-refractivity contribution in [3.8, 4) is 0 Å². The van der Waals surface area contributed by atoms with Gasteiger partial charge in [0.1, 0.15) is 4.49 Å². The van der Waals surface area contributed by atoms with Crippen LogP contribution in [0.15, 0.2) is 10.3 Å². The Hall–Kier alpha value is 0.180. The van der Waals surface area contributed by atoms with Crippen LogP contribution in [0, 0.1) is 0 Å². The fraction of sp³-hybridized carbons (Fsp3) is 0.500. The summed E-state index contributed by atoms with van der Waals surface area (Å²) in [5.74, 6) is -1.12. The largest absolute Gasteiger partial charge is 0.240 e. The van der Waals surface area contributed by atoms with E-state index in [-0.39, 0.29) is 0 Å². The molecule has 0 aliphatic heterocycles. The summed E-state index contributed by atoms with van der Waals surface area (Å²) in [5.41, 5.74) is 0. The van der Waals surface area contributed by atoms with Gasteiger partial charge in [0.25, 0.3) is 0 Å². The zero-order valence-electron chi connectivity index (χ0n) is 4.09. The van der Waals surface area contributed by atoms with Crippen LogP contribution in [0.4, 0.5) is 8.78 Å². The van der Waals surface area contributed by atoms with E-state index in [2.05, 4.69) is 0 Å². The lowest BCUT2D eigenvalue weighted by Gasteiger charge is -1.94. The minimum Gasteiger partial charge on any atom is -0.240 e. The Bertz CT molecular complexity index is 105. The van der Waals surface area contributed by atoms with Crippen molar-refractivity contribution in [2.75, 3.05) is 0 Å². The van der Waals surface area contributed by atoms with Gasteiger partial charge in [-0.2, -0.15) is 0 Å². The van der Waals surface area contributed by atoms with Crippen LogP contribution in [-0.2, 0) is 0 Å². The van der Waals surface area contributed by atoms with E-state index in [0.717, 1.165) is 6.92 Å². The Labute approximate surface area is 56.1 Å². The second-order valence-corrected chi connectivity index (χ2v) is 2.17. The number of hydrogen-bond acceptors (Lipinski definition) is 0. The number of rotatable bonds is 1. The molecule has 0 spiro atoms. The Balaban J connectivity index is 4.00. The molecule has 0 N–H and O–H groups in total. The van der Waals surface area contributed by atoms with Gasteiger partial charge in [0, 0.05) is 0 Å². The zero-order valence-corrected chi connectivity index (χ0v) is 5.60. The molecule has 0 radical (unpaired) electrons. The van der Waals surface area contributed by atoms with Gasteiger partial charge >= 0.3 is 0 Å². The number of halogens is 4. The smallest absolute Gasteiger partial charge is 0.164 e. The van der Waals surface area contributed by atoms with Crippen molar-refractivity contribution in [3.05, 3.63) is 10.3 Å². The average Bonchev–Trinajstić information content (AvgIpc) is 1.64. The highest BCUT2D eigenvalue weighted by atomic mass is 35.5. The highest BCUT2D eigenvalue weighted by Crippen LogP contribution is 2.19. The second kappa shape index (κ2) is 3.25. The summed E-state index contributed by atoms with van der Waals surface area (Å²) >= 11 is 9.71. The van der Waals surface area contributed by atoms with E-state index in [1.807, 2.05) is 0 Å². The Morgan fingerprint density at radius 3 is 1.88 bits per heavy atom. The minimum atomic E-state index is -1.71. The molecule has 1 unspecified atom stereocenters. The molecule has 0 saturated carbocycles. The minimum absolute atomic E-state index is 0.639. The van der Waals surface area contributed by atoms with Gasteiger partial charge in [-0.25, -0.2) is 8.78 Å². The molecule has 0 nitrogen and oxygen atoms in total. The van der Waals surface area contributed by atoms with Crippen molar-refractivity contribution in [2.45, 2.75) is 13.1 Å². The van der Waals surface area contributed by atoms with E-state index < -0.39 is 16.5 Å². The van der Waals surface area contributed by atoms with Crippen LogP contribution in [0.3, 0.4) is 0 Å². The molecule has 0 aliphatic rings. The average molecular weight is 161 g/mol. The van der Waals surface area contributed by atoms with Crippen molar-refractivity contribution in [1.82, 2.24) is 0 Å². The molecule has 0 fully saturated rings. The first-order chi connectivity index (χ1) is 3.55. The van der Waals surface area contributed by atoms with Gasteiger partial charge in [0.15, 0.2) is 12.0 Å². The molecular weight excluding hydrogens is 157 g/mol. The molecule has 0 aromatic rings. The lowest BCUT2D eigenvalue weighted by Crippen LogP contribution is -1.91. The van der Waals surface area contributed by atoms with Crippen LogP contribution in [0.1, 0.15) is 6.92 Å². The van der Waals surface area contributed by atoms with Crippen LogP contribution in [0.2, 0.25) is 0 Å². The van der Waals surface area contributed by atoms with Crippen LogP contribution >= 0.6 is 23.2 Å². The molecule has 4 heteroatoms. The maximum absolute atomic E-state index is 11.9. The lowest BCUT2D eigenvalue weighted by atomic mass is 10.4. The van der Waals surface area contributed by atoms with Crippen LogP contribution < -0.4 is 0 Å². The van der Waals surface area contributed by atoms with Crippen molar-refractivity contribution in [3.63, 3.8) is 0 Å². The molecular formula is C4H4Cl2F2. The summed E-state index contributed by atoms with van der Waals surface area (Å²) in [6.07, 6.45) is -1.71. The molecule has 48 valence electrons. The Morgan fingerprint density at radius 2 is 1.88 bits per heavy atom. The molecule has 8 heavy (non-hydrogen) atoms. The van der Waals surface area contributed by atoms with Crippen molar-refractivity contribution >= 4 is 23.2 Å². The highest BCUT2D eigenvalue weighted by Gasteiger charge is 2.08. The van der Waals surface area contributed by atoms with Crippen molar-refractivity contribution in [2.24, 2.45) is 0 Å². The third kappa shape index (κ3) is 2.48. The van der Waals surface area contributed by atoms with Crippen molar-refractivity contribution in [1.29, 1.82) is 0 Å². The SMILES string of the molecule is CC(F)C(F)=C(Cl)Cl. The maximum atomic E-state index is 11.9. The fourth-order valence-corrected chi connectivity index (χ4v) is 0.451. The van der Waals surface area contributed by atoms with Crippen LogP contribution in [0.5, 0.6) is 0 Å². The van der Waals surface area contributed by atoms with Gasteiger partial charge in [-0.3, -0.25) is 0 Å². The molecule has 0 saturated heterocycles. The van der Waals surface area contributed by atoms with E-state index >= 15 is 0 Å². The van der Waals surface area contributed by atoms with E-state index in [0.29, 0.717) is 0 Å². The second-order valence-electron chi connectivity index (χ2n) is 1.22. The first-order valence-electron chi connectivity index (χ1n) is 1.90. The third-order valence-corrected chi connectivity index (χ3v) is 0.891. The van der Waals surface area contributed by atoms with E-state index in [1.165, 1.54) is 0 Å². The monoisotopic (exact) mass is 160 g/mol.